The van der Waals surface area contributed by atoms with Crippen molar-refractivity contribution in [2.75, 3.05) is 6.61 Å². The SMILES string of the molecule is O=C1/C(=C/c2cn(CCOc3ccccc3)c3ccccc23)SC(=S)N1Cc1cccnc1. The molecule has 0 aliphatic carbocycles. The third-order valence-electron chi connectivity index (χ3n) is 5.39. The van der Waals surface area contributed by atoms with Gasteiger partial charge in [-0.15, -0.1) is 0 Å². The van der Waals surface area contributed by atoms with E-state index in [4.69, 9.17) is 17.0 Å². The zero-order valence-corrected chi connectivity index (χ0v) is 19.4. The first-order valence-electron chi connectivity index (χ1n) is 10.6. The van der Waals surface area contributed by atoms with Gasteiger partial charge >= 0.3 is 0 Å². The molecule has 0 unspecified atom stereocenters. The summed E-state index contributed by atoms with van der Waals surface area (Å²) in [6.45, 7) is 1.68. The van der Waals surface area contributed by atoms with Crippen LogP contribution in [-0.2, 0) is 17.9 Å². The fraction of sp³-hybridized carbons (Fsp3) is 0.115. The van der Waals surface area contributed by atoms with E-state index in [1.54, 1.807) is 17.3 Å². The maximum absolute atomic E-state index is 13.1. The van der Waals surface area contributed by atoms with Crippen molar-refractivity contribution in [1.82, 2.24) is 14.5 Å². The quantitative estimate of drug-likeness (QED) is 0.262. The molecule has 3 heterocycles. The monoisotopic (exact) mass is 471 g/mol. The van der Waals surface area contributed by atoms with Gasteiger partial charge in [-0.1, -0.05) is 66.4 Å². The number of nitrogens with zero attached hydrogens (tertiary/aromatic N) is 3. The third kappa shape index (κ3) is 4.69. The predicted octanol–water partition coefficient (Wildman–Crippen LogP) is 5.52. The number of benzene rings is 2. The lowest BCUT2D eigenvalue weighted by Crippen LogP contribution is -2.27. The molecule has 0 atom stereocenters. The highest BCUT2D eigenvalue weighted by Gasteiger charge is 2.32. The minimum Gasteiger partial charge on any atom is -0.492 e. The number of aromatic nitrogens is 2. The zero-order valence-electron chi connectivity index (χ0n) is 17.8. The molecule has 1 saturated heterocycles. The fourth-order valence-electron chi connectivity index (χ4n) is 3.81. The van der Waals surface area contributed by atoms with E-state index in [0.29, 0.717) is 28.9 Å². The first kappa shape index (κ1) is 21.4. The summed E-state index contributed by atoms with van der Waals surface area (Å²) in [4.78, 5) is 19.5. The molecule has 33 heavy (non-hydrogen) atoms. The van der Waals surface area contributed by atoms with E-state index in [1.165, 1.54) is 11.8 Å². The zero-order chi connectivity index (χ0) is 22.6. The average Bonchev–Trinajstić information content (AvgIpc) is 3.33. The second-order valence-corrected chi connectivity index (χ2v) is 9.26. The number of thiocarbonyl (C=S) groups is 1. The van der Waals surface area contributed by atoms with Crippen LogP contribution in [0.2, 0.25) is 0 Å². The summed E-state index contributed by atoms with van der Waals surface area (Å²) >= 11 is 6.84. The van der Waals surface area contributed by atoms with Crippen LogP contribution >= 0.6 is 24.0 Å². The number of para-hydroxylation sites is 2. The summed E-state index contributed by atoms with van der Waals surface area (Å²) in [5, 5.41) is 1.09. The smallest absolute Gasteiger partial charge is 0.266 e. The summed E-state index contributed by atoms with van der Waals surface area (Å²) in [5.41, 5.74) is 3.04. The van der Waals surface area contributed by atoms with E-state index in [1.807, 2.05) is 60.7 Å². The van der Waals surface area contributed by atoms with E-state index in [0.717, 1.165) is 27.8 Å². The molecule has 1 aliphatic heterocycles. The standard InChI is InChI=1S/C26H21N3O2S2/c30-25-24(33-26(32)29(25)17-19-7-6-12-27-16-19)15-20-18-28(23-11-5-4-10-22(20)23)13-14-31-21-8-2-1-3-9-21/h1-12,15-16,18H,13-14,17H2/b24-15-. The highest BCUT2D eigenvalue weighted by Crippen LogP contribution is 2.35. The van der Waals surface area contributed by atoms with Gasteiger partial charge in [0.25, 0.3) is 5.91 Å². The van der Waals surface area contributed by atoms with Crippen molar-refractivity contribution in [1.29, 1.82) is 0 Å². The van der Waals surface area contributed by atoms with Gasteiger partial charge in [-0.05, 0) is 35.9 Å². The fourth-order valence-corrected chi connectivity index (χ4v) is 5.05. The van der Waals surface area contributed by atoms with Gasteiger partial charge in [-0.3, -0.25) is 14.7 Å². The molecule has 1 fully saturated rings. The van der Waals surface area contributed by atoms with E-state index in [-0.39, 0.29) is 5.91 Å². The minimum absolute atomic E-state index is 0.0712. The van der Waals surface area contributed by atoms with Crippen LogP contribution in [0.1, 0.15) is 11.1 Å². The molecule has 0 saturated carbocycles. The molecular formula is C26H21N3O2S2. The topological polar surface area (TPSA) is 47.4 Å². The number of thioether (sulfide) groups is 1. The molecule has 2 aromatic heterocycles. The molecule has 164 valence electrons. The summed E-state index contributed by atoms with van der Waals surface area (Å²) in [7, 11) is 0. The van der Waals surface area contributed by atoms with Crippen LogP contribution in [0.25, 0.3) is 17.0 Å². The number of ether oxygens (including phenoxy) is 1. The minimum atomic E-state index is -0.0712. The summed E-state index contributed by atoms with van der Waals surface area (Å²) < 4.78 is 8.61. The van der Waals surface area contributed by atoms with Crippen LogP contribution in [0.3, 0.4) is 0 Å². The number of hydrogen-bond acceptors (Lipinski definition) is 5. The van der Waals surface area contributed by atoms with E-state index >= 15 is 0 Å². The third-order valence-corrected chi connectivity index (χ3v) is 6.76. The Bertz CT molecular complexity index is 1330. The van der Waals surface area contributed by atoms with Gasteiger partial charge in [0.2, 0.25) is 0 Å². The van der Waals surface area contributed by atoms with Crippen molar-refractivity contribution < 1.29 is 9.53 Å². The highest BCUT2D eigenvalue weighted by molar-refractivity contribution is 8.26. The van der Waals surface area contributed by atoms with Crippen LogP contribution in [0.15, 0.2) is 90.2 Å². The predicted molar refractivity (Wildman–Crippen MR) is 137 cm³/mol. The molecule has 7 heteroatoms. The average molecular weight is 472 g/mol. The Morgan fingerprint density at radius 2 is 1.85 bits per heavy atom. The molecule has 0 radical (unpaired) electrons. The number of hydrogen-bond donors (Lipinski definition) is 0. The maximum Gasteiger partial charge on any atom is 0.266 e. The number of amides is 1. The number of pyridine rings is 1. The Hall–Kier alpha value is -3.42. The van der Waals surface area contributed by atoms with E-state index in [2.05, 4.69) is 27.9 Å². The largest absolute Gasteiger partial charge is 0.492 e. The molecular weight excluding hydrogens is 450 g/mol. The van der Waals surface area contributed by atoms with Crippen molar-refractivity contribution in [3.05, 3.63) is 101 Å². The first-order chi connectivity index (χ1) is 16.2. The molecule has 0 N–H and O–H groups in total. The Labute approximate surface area is 201 Å². The van der Waals surface area contributed by atoms with Gasteiger partial charge in [-0.25, -0.2) is 0 Å². The van der Waals surface area contributed by atoms with Crippen molar-refractivity contribution in [2.45, 2.75) is 13.1 Å². The molecule has 1 aliphatic rings. The van der Waals surface area contributed by atoms with Crippen molar-refractivity contribution in [3.63, 3.8) is 0 Å². The van der Waals surface area contributed by atoms with Crippen LogP contribution in [-0.4, -0.2) is 31.3 Å². The molecule has 4 aromatic rings. The van der Waals surface area contributed by atoms with Crippen LogP contribution < -0.4 is 4.74 Å². The highest BCUT2D eigenvalue weighted by atomic mass is 32.2. The molecule has 5 nitrogen and oxygen atoms in total. The Balaban J connectivity index is 1.37. The van der Waals surface area contributed by atoms with Crippen LogP contribution in [0.4, 0.5) is 0 Å². The van der Waals surface area contributed by atoms with Crippen LogP contribution in [0.5, 0.6) is 5.75 Å². The number of carbonyl (C=O) groups is 1. The van der Waals surface area contributed by atoms with Gasteiger partial charge in [0.1, 0.15) is 16.7 Å². The van der Waals surface area contributed by atoms with Gasteiger partial charge in [0.15, 0.2) is 0 Å². The molecule has 5 rings (SSSR count). The summed E-state index contributed by atoms with van der Waals surface area (Å²) in [5.74, 6) is 0.782. The van der Waals surface area contributed by atoms with Gasteiger partial charge in [0, 0.05) is 35.1 Å². The van der Waals surface area contributed by atoms with Crippen molar-refractivity contribution in [2.24, 2.45) is 0 Å². The molecule has 2 aromatic carbocycles. The Kier molecular flexibility index (Phi) is 6.24. The van der Waals surface area contributed by atoms with Gasteiger partial charge in [0.05, 0.1) is 18.0 Å². The van der Waals surface area contributed by atoms with Crippen molar-refractivity contribution in [3.8, 4) is 5.75 Å². The van der Waals surface area contributed by atoms with E-state index in [9.17, 15) is 4.79 Å². The lowest BCUT2D eigenvalue weighted by Gasteiger charge is -2.13. The molecule has 1 amide bonds. The summed E-state index contributed by atoms with van der Waals surface area (Å²) in [6, 6.07) is 21.8. The normalized spacial score (nSPS) is 15.0. The lowest BCUT2D eigenvalue weighted by atomic mass is 10.1. The number of fused-ring (bicyclic) bond motifs is 1. The summed E-state index contributed by atoms with van der Waals surface area (Å²) in [6.07, 6.45) is 7.49. The van der Waals surface area contributed by atoms with Crippen LogP contribution in [0, 0.1) is 0 Å². The van der Waals surface area contributed by atoms with Crippen molar-refractivity contribution >= 4 is 51.2 Å². The van der Waals surface area contributed by atoms with E-state index < -0.39 is 0 Å². The van der Waals surface area contributed by atoms with Gasteiger partial charge < -0.3 is 9.30 Å². The second-order valence-electron chi connectivity index (χ2n) is 7.59. The number of rotatable bonds is 7. The van der Waals surface area contributed by atoms with Gasteiger partial charge in [-0.2, -0.15) is 0 Å². The molecule has 0 spiro atoms. The second kappa shape index (κ2) is 9.60. The first-order valence-corrected chi connectivity index (χ1v) is 11.8. The Morgan fingerprint density at radius 3 is 2.67 bits per heavy atom. The maximum atomic E-state index is 13.1. The Morgan fingerprint density at radius 1 is 1.03 bits per heavy atom. The molecule has 0 bridgehead atoms. The lowest BCUT2D eigenvalue weighted by molar-refractivity contribution is -0.122. The number of carbonyl (C=O) groups excluding carboxylic acids is 1.